The van der Waals surface area contributed by atoms with E-state index >= 15 is 0 Å². The molecule has 3 nitrogen and oxygen atoms in total. The van der Waals surface area contributed by atoms with Gasteiger partial charge >= 0.3 is 6.03 Å². The lowest BCUT2D eigenvalue weighted by atomic mass is 10.1. The lowest BCUT2D eigenvalue weighted by molar-refractivity contribution is 0.254. The van der Waals surface area contributed by atoms with Crippen molar-refractivity contribution in [1.82, 2.24) is 5.32 Å². The minimum atomic E-state index is -0.265. The largest absolute Gasteiger partial charge is 0.341 e. The third-order valence-corrected chi connectivity index (χ3v) is 2.20. The van der Waals surface area contributed by atoms with E-state index in [1.54, 1.807) is 7.05 Å². The van der Waals surface area contributed by atoms with Gasteiger partial charge in [0.2, 0.25) is 0 Å². The predicted octanol–water partition coefficient (Wildman–Crippen LogP) is 2.71. The highest BCUT2D eigenvalue weighted by Crippen LogP contribution is 2.26. The fraction of sp³-hybridized carbons (Fsp3) is 0.300. The number of amides is 2. The minimum Gasteiger partial charge on any atom is -0.341 e. The molecule has 0 spiro atoms. The smallest absolute Gasteiger partial charge is 0.319 e. The molecule has 76 valence electrons. The Balaban J connectivity index is 3.02. The van der Waals surface area contributed by atoms with E-state index in [1.165, 1.54) is 0 Å². The second-order valence-electron chi connectivity index (χ2n) is 3.14. The summed E-state index contributed by atoms with van der Waals surface area (Å²) in [6.45, 7) is 3.87. The van der Waals surface area contributed by atoms with Crippen LogP contribution in [0.3, 0.4) is 0 Å². The first-order valence-electron chi connectivity index (χ1n) is 4.30. The monoisotopic (exact) mass is 212 g/mol. The van der Waals surface area contributed by atoms with Crippen molar-refractivity contribution in [2.45, 2.75) is 13.8 Å². The normalized spacial score (nSPS) is 9.71. The van der Waals surface area contributed by atoms with Crippen molar-refractivity contribution in [3.8, 4) is 0 Å². The van der Waals surface area contributed by atoms with Crippen LogP contribution in [0.25, 0.3) is 0 Å². The van der Waals surface area contributed by atoms with Gasteiger partial charge in [-0.25, -0.2) is 4.79 Å². The van der Waals surface area contributed by atoms with E-state index < -0.39 is 0 Å². The zero-order valence-electron chi connectivity index (χ0n) is 8.44. The number of hydrogen-bond donors (Lipinski definition) is 2. The summed E-state index contributed by atoms with van der Waals surface area (Å²) < 4.78 is 0. The number of anilines is 1. The number of urea groups is 1. The molecule has 0 unspecified atom stereocenters. The summed E-state index contributed by atoms with van der Waals surface area (Å²) >= 11 is 5.99. The minimum absolute atomic E-state index is 0.265. The number of rotatable bonds is 1. The molecular formula is C10H13ClN2O. The van der Waals surface area contributed by atoms with Gasteiger partial charge in [0.05, 0.1) is 10.7 Å². The second-order valence-corrected chi connectivity index (χ2v) is 3.55. The standard InChI is InChI=1S/C10H13ClN2O/c1-6-4-7(2)9(8(11)5-6)13-10(14)12-3/h4-5H,1-3H3,(H2,12,13,14). The van der Waals surface area contributed by atoms with Crippen molar-refractivity contribution in [3.05, 3.63) is 28.3 Å². The quantitative estimate of drug-likeness (QED) is 0.739. The van der Waals surface area contributed by atoms with E-state index in [-0.39, 0.29) is 6.03 Å². The molecule has 14 heavy (non-hydrogen) atoms. The Morgan fingerprint density at radius 1 is 1.36 bits per heavy atom. The number of carbonyl (C=O) groups is 1. The van der Waals surface area contributed by atoms with Gasteiger partial charge in [0.1, 0.15) is 0 Å². The first kappa shape index (κ1) is 10.9. The van der Waals surface area contributed by atoms with E-state index in [0.29, 0.717) is 10.7 Å². The molecule has 0 fully saturated rings. The van der Waals surface area contributed by atoms with E-state index in [2.05, 4.69) is 10.6 Å². The van der Waals surface area contributed by atoms with Gasteiger partial charge < -0.3 is 10.6 Å². The summed E-state index contributed by atoms with van der Waals surface area (Å²) in [5.41, 5.74) is 2.70. The van der Waals surface area contributed by atoms with Crippen molar-refractivity contribution < 1.29 is 4.79 Å². The first-order chi connectivity index (χ1) is 6.54. The third kappa shape index (κ3) is 2.39. The van der Waals surface area contributed by atoms with E-state index in [1.807, 2.05) is 26.0 Å². The van der Waals surface area contributed by atoms with Gasteiger partial charge in [0, 0.05) is 7.05 Å². The van der Waals surface area contributed by atoms with Crippen molar-refractivity contribution in [2.75, 3.05) is 12.4 Å². The number of halogens is 1. The SMILES string of the molecule is CNC(=O)Nc1c(C)cc(C)cc1Cl. The molecule has 0 aliphatic carbocycles. The van der Waals surface area contributed by atoms with Gasteiger partial charge in [-0.1, -0.05) is 17.7 Å². The lowest BCUT2D eigenvalue weighted by Crippen LogP contribution is -2.25. The van der Waals surface area contributed by atoms with Crippen molar-refractivity contribution in [2.24, 2.45) is 0 Å². The molecular weight excluding hydrogens is 200 g/mol. The second kappa shape index (κ2) is 4.33. The van der Waals surface area contributed by atoms with Crippen LogP contribution in [0.4, 0.5) is 10.5 Å². The highest BCUT2D eigenvalue weighted by Gasteiger charge is 2.07. The number of aryl methyl sites for hydroxylation is 2. The Kier molecular flexibility index (Phi) is 3.36. The number of carbonyl (C=O) groups excluding carboxylic acids is 1. The molecule has 0 saturated carbocycles. The Hall–Kier alpha value is -1.22. The van der Waals surface area contributed by atoms with Crippen LogP contribution < -0.4 is 10.6 Å². The van der Waals surface area contributed by atoms with Crippen LogP contribution in [0.2, 0.25) is 5.02 Å². The summed E-state index contributed by atoms with van der Waals surface area (Å²) in [7, 11) is 1.56. The van der Waals surface area contributed by atoms with Crippen molar-refractivity contribution >= 4 is 23.3 Å². The molecule has 0 bridgehead atoms. The molecule has 1 rings (SSSR count). The van der Waals surface area contributed by atoms with Crippen LogP contribution in [0.15, 0.2) is 12.1 Å². The van der Waals surface area contributed by atoms with Gasteiger partial charge in [-0.3, -0.25) is 0 Å². The number of nitrogens with one attached hydrogen (secondary N) is 2. The Morgan fingerprint density at radius 3 is 2.50 bits per heavy atom. The number of benzene rings is 1. The maximum absolute atomic E-state index is 11.1. The maximum Gasteiger partial charge on any atom is 0.319 e. The number of hydrogen-bond acceptors (Lipinski definition) is 1. The maximum atomic E-state index is 11.1. The average Bonchev–Trinajstić information content (AvgIpc) is 2.10. The van der Waals surface area contributed by atoms with E-state index in [4.69, 9.17) is 11.6 Å². The molecule has 0 atom stereocenters. The van der Waals surface area contributed by atoms with Gasteiger partial charge in [0.15, 0.2) is 0 Å². The average molecular weight is 213 g/mol. The molecule has 2 N–H and O–H groups in total. The molecule has 2 amide bonds. The zero-order chi connectivity index (χ0) is 10.7. The zero-order valence-corrected chi connectivity index (χ0v) is 9.20. The Bertz CT molecular complexity index is 340. The highest BCUT2D eigenvalue weighted by atomic mass is 35.5. The van der Waals surface area contributed by atoms with E-state index in [9.17, 15) is 4.79 Å². The molecule has 4 heteroatoms. The predicted molar refractivity (Wildman–Crippen MR) is 59.0 cm³/mol. The summed E-state index contributed by atoms with van der Waals surface area (Å²) in [5, 5.41) is 5.71. The molecule has 0 radical (unpaired) electrons. The van der Waals surface area contributed by atoms with E-state index in [0.717, 1.165) is 11.1 Å². The van der Waals surface area contributed by atoms with Crippen LogP contribution >= 0.6 is 11.6 Å². The van der Waals surface area contributed by atoms with Crippen molar-refractivity contribution in [1.29, 1.82) is 0 Å². The molecule has 1 aromatic rings. The first-order valence-corrected chi connectivity index (χ1v) is 4.68. The van der Waals surface area contributed by atoms with Crippen LogP contribution in [-0.2, 0) is 0 Å². The third-order valence-electron chi connectivity index (χ3n) is 1.90. The topological polar surface area (TPSA) is 41.1 Å². The van der Waals surface area contributed by atoms with Crippen LogP contribution in [0.1, 0.15) is 11.1 Å². The molecule has 0 aliphatic rings. The Morgan fingerprint density at radius 2 is 2.00 bits per heavy atom. The van der Waals surface area contributed by atoms with Gasteiger partial charge in [-0.15, -0.1) is 0 Å². The van der Waals surface area contributed by atoms with Crippen LogP contribution in [-0.4, -0.2) is 13.1 Å². The molecule has 1 aromatic carbocycles. The van der Waals surface area contributed by atoms with Crippen LogP contribution in [0, 0.1) is 13.8 Å². The molecule has 0 aliphatic heterocycles. The summed E-state index contributed by atoms with van der Waals surface area (Å²) in [5.74, 6) is 0. The summed E-state index contributed by atoms with van der Waals surface area (Å²) in [6, 6.07) is 3.52. The van der Waals surface area contributed by atoms with Gasteiger partial charge in [0.25, 0.3) is 0 Å². The summed E-state index contributed by atoms with van der Waals surface area (Å²) in [6.07, 6.45) is 0. The molecule has 0 saturated heterocycles. The Labute approximate surface area is 88.5 Å². The molecule has 0 aromatic heterocycles. The van der Waals surface area contributed by atoms with Gasteiger partial charge in [-0.2, -0.15) is 0 Å². The lowest BCUT2D eigenvalue weighted by Gasteiger charge is -2.10. The fourth-order valence-corrected chi connectivity index (χ4v) is 1.62. The highest BCUT2D eigenvalue weighted by molar-refractivity contribution is 6.34. The van der Waals surface area contributed by atoms with Crippen LogP contribution in [0.5, 0.6) is 0 Å². The summed E-state index contributed by atoms with van der Waals surface area (Å²) in [4.78, 5) is 11.1. The van der Waals surface area contributed by atoms with Crippen molar-refractivity contribution in [3.63, 3.8) is 0 Å². The van der Waals surface area contributed by atoms with Gasteiger partial charge in [-0.05, 0) is 31.0 Å². The molecule has 0 heterocycles. The fourth-order valence-electron chi connectivity index (χ4n) is 1.25.